The lowest BCUT2D eigenvalue weighted by Crippen LogP contribution is -2.24. The third-order valence-corrected chi connectivity index (χ3v) is 5.89. The van der Waals surface area contributed by atoms with Gasteiger partial charge in [-0.05, 0) is 61.4 Å². The Labute approximate surface area is 160 Å². The van der Waals surface area contributed by atoms with Gasteiger partial charge in [0.1, 0.15) is 5.75 Å². The first-order chi connectivity index (χ1) is 12.9. The summed E-state index contributed by atoms with van der Waals surface area (Å²) >= 11 is 0. The van der Waals surface area contributed by atoms with E-state index in [1.165, 1.54) is 0 Å². The fraction of sp³-hybridized carbons (Fsp3) is 0.190. The van der Waals surface area contributed by atoms with Crippen LogP contribution in [0.3, 0.4) is 0 Å². The fourth-order valence-corrected chi connectivity index (χ4v) is 4.17. The van der Waals surface area contributed by atoms with Crippen molar-refractivity contribution in [2.45, 2.75) is 25.3 Å². The maximum Gasteiger partial charge on any atom is 0.241 e. The molecule has 0 saturated heterocycles. The van der Waals surface area contributed by atoms with Crippen molar-refractivity contribution in [3.63, 3.8) is 0 Å². The van der Waals surface area contributed by atoms with Crippen molar-refractivity contribution in [1.82, 2.24) is 9.71 Å². The van der Waals surface area contributed by atoms with Crippen LogP contribution in [0.2, 0.25) is 0 Å². The quantitative estimate of drug-likeness (QED) is 0.703. The lowest BCUT2D eigenvalue weighted by atomic mass is 10.1. The Balaban J connectivity index is 1.86. The molecule has 2 aromatic carbocycles. The second-order valence-corrected chi connectivity index (χ2v) is 8.07. The molecule has 0 saturated carbocycles. The lowest BCUT2D eigenvalue weighted by molar-refractivity contribution is 0.415. The Bertz CT molecular complexity index is 1050. The molecule has 0 unspecified atom stereocenters. The molecule has 0 radical (unpaired) electrons. The van der Waals surface area contributed by atoms with Gasteiger partial charge in [-0.15, -0.1) is 0 Å². The minimum atomic E-state index is -3.61. The minimum Gasteiger partial charge on any atom is -0.497 e. The summed E-state index contributed by atoms with van der Waals surface area (Å²) in [6, 6.07) is 16.5. The Kier molecular flexibility index (Phi) is 5.58. The molecule has 3 aromatic rings. The van der Waals surface area contributed by atoms with Gasteiger partial charge in [0.2, 0.25) is 10.0 Å². The van der Waals surface area contributed by atoms with Gasteiger partial charge >= 0.3 is 0 Å². The van der Waals surface area contributed by atoms with Crippen molar-refractivity contribution in [2.75, 3.05) is 7.11 Å². The number of pyridine rings is 1. The van der Waals surface area contributed by atoms with Gasteiger partial charge in [-0.25, -0.2) is 13.1 Å². The molecule has 140 valence electrons. The molecule has 6 heteroatoms. The van der Waals surface area contributed by atoms with Crippen LogP contribution in [0.15, 0.2) is 65.7 Å². The van der Waals surface area contributed by atoms with E-state index >= 15 is 0 Å². The van der Waals surface area contributed by atoms with E-state index in [0.717, 1.165) is 33.7 Å². The zero-order chi connectivity index (χ0) is 19.4. The predicted octanol–water partition coefficient (Wildman–Crippen LogP) is 3.85. The predicted molar refractivity (Wildman–Crippen MR) is 106 cm³/mol. The highest BCUT2D eigenvalue weighted by Crippen LogP contribution is 2.24. The molecular weight excluding hydrogens is 360 g/mol. The number of nitrogens with one attached hydrogen (secondary N) is 1. The number of methoxy groups -OCH3 is 1. The monoisotopic (exact) mass is 382 g/mol. The maximum absolute atomic E-state index is 12.7. The fourth-order valence-electron chi connectivity index (χ4n) is 2.94. The zero-order valence-corrected chi connectivity index (χ0v) is 16.4. The molecule has 0 spiro atoms. The molecule has 0 aliphatic rings. The smallest absolute Gasteiger partial charge is 0.241 e. The van der Waals surface area contributed by atoms with Crippen LogP contribution in [-0.4, -0.2) is 20.5 Å². The topological polar surface area (TPSA) is 68.3 Å². The van der Waals surface area contributed by atoms with Crippen molar-refractivity contribution < 1.29 is 13.2 Å². The van der Waals surface area contributed by atoms with Crippen LogP contribution in [0.1, 0.15) is 16.7 Å². The largest absolute Gasteiger partial charge is 0.497 e. The molecule has 1 heterocycles. The number of hydrogen-bond acceptors (Lipinski definition) is 4. The van der Waals surface area contributed by atoms with Gasteiger partial charge in [0, 0.05) is 18.3 Å². The molecule has 0 atom stereocenters. The van der Waals surface area contributed by atoms with Gasteiger partial charge in [-0.3, -0.25) is 4.98 Å². The van der Waals surface area contributed by atoms with E-state index < -0.39 is 10.0 Å². The summed E-state index contributed by atoms with van der Waals surface area (Å²) in [5, 5.41) is 0. The number of sulfonamides is 1. The van der Waals surface area contributed by atoms with E-state index in [4.69, 9.17) is 4.74 Å². The van der Waals surface area contributed by atoms with Crippen LogP contribution in [0.5, 0.6) is 5.75 Å². The van der Waals surface area contributed by atoms with Gasteiger partial charge in [0.25, 0.3) is 0 Å². The van der Waals surface area contributed by atoms with E-state index in [1.54, 1.807) is 38.4 Å². The second-order valence-electron chi connectivity index (χ2n) is 6.33. The molecule has 5 nitrogen and oxygen atoms in total. The van der Waals surface area contributed by atoms with Crippen LogP contribution in [0.25, 0.3) is 11.3 Å². The average Bonchev–Trinajstić information content (AvgIpc) is 2.66. The number of benzene rings is 2. The molecule has 1 aromatic heterocycles. The molecule has 3 rings (SSSR count). The van der Waals surface area contributed by atoms with Crippen LogP contribution >= 0.6 is 0 Å². The third-order valence-electron chi connectivity index (χ3n) is 4.33. The van der Waals surface area contributed by atoms with Crippen LogP contribution in [0, 0.1) is 13.8 Å². The first kappa shape index (κ1) is 19.1. The molecule has 0 amide bonds. The summed E-state index contributed by atoms with van der Waals surface area (Å²) in [5.41, 5.74) is 4.20. The highest BCUT2D eigenvalue weighted by Gasteiger charge is 2.17. The Morgan fingerprint density at radius 2 is 1.78 bits per heavy atom. The van der Waals surface area contributed by atoms with Crippen LogP contribution in [-0.2, 0) is 16.6 Å². The molecule has 0 aliphatic carbocycles. The van der Waals surface area contributed by atoms with Gasteiger partial charge < -0.3 is 4.74 Å². The summed E-state index contributed by atoms with van der Waals surface area (Å²) in [4.78, 5) is 4.73. The first-order valence-electron chi connectivity index (χ1n) is 8.56. The Hall–Kier alpha value is -2.70. The van der Waals surface area contributed by atoms with Crippen molar-refractivity contribution >= 4 is 10.0 Å². The lowest BCUT2D eigenvalue weighted by Gasteiger charge is -2.12. The normalized spacial score (nSPS) is 11.4. The number of aryl methyl sites for hydroxylation is 2. The van der Waals surface area contributed by atoms with Crippen molar-refractivity contribution in [3.05, 3.63) is 77.5 Å². The van der Waals surface area contributed by atoms with Gasteiger partial charge in [0.15, 0.2) is 0 Å². The van der Waals surface area contributed by atoms with Crippen LogP contribution in [0.4, 0.5) is 0 Å². The van der Waals surface area contributed by atoms with E-state index in [9.17, 15) is 8.42 Å². The molecule has 0 fully saturated rings. The zero-order valence-electron chi connectivity index (χ0n) is 15.6. The number of rotatable bonds is 6. The number of hydrogen-bond donors (Lipinski definition) is 1. The second kappa shape index (κ2) is 7.90. The summed E-state index contributed by atoms with van der Waals surface area (Å²) in [5.74, 6) is 0.756. The third kappa shape index (κ3) is 4.35. The standard InChI is InChI=1S/C21H22N2O3S/c1-15-6-11-20(16(2)13-15)27(24,25)23-14-18-5-4-12-22-21(18)17-7-9-19(26-3)10-8-17/h4-13,23H,14H2,1-3H3. The van der Waals surface area contributed by atoms with Gasteiger partial charge in [0.05, 0.1) is 17.7 Å². The summed E-state index contributed by atoms with van der Waals surface area (Å²) in [6.07, 6.45) is 1.70. The highest BCUT2D eigenvalue weighted by atomic mass is 32.2. The van der Waals surface area contributed by atoms with E-state index in [1.807, 2.05) is 43.3 Å². The Morgan fingerprint density at radius 3 is 2.44 bits per heavy atom. The maximum atomic E-state index is 12.7. The van der Waals surface area contributed by atoms with Crippen LogP contribution < -0.4 is 9.46 Å². The summed E-state index contributed by atoms with van der Waals surface area (Å²) < 4.78 is 33.3. The molecule has 27 heavy (non-hydrogen) atoms. The summed E-state index contributed by atoms with van der Waals surface area (Å²) in [7, 11) is -2.00. The average molecular weight is 382 g/mol. The minimum absolute atomic E-state index is 0.158. The molecular formula is C21H22N2O3S. The molecule has 1 N–H and O–H groups in total. The summed E-state index contributed by atoms with van der Waals surface area (Å²) in [6.45, 7) is 3.90. The molecule has 0 aliphatic heterocycles. The van der Waals surface area contributed by atoms with Gasteiger partial charge in [-0.1, -0.05) is 23.8 Å². The van der Waals surface area contributed by atoms with E-state index in [-0.39, 0.29) is 6.54 Å². The van der Waals surface area contributed by atoms with Crippen molar-refractivity contribution in [2.24, 2.45) is 0 Å². The highest BCUT2D eigenvalue weighted by molar-refractivity contribution is 7.89. The van der Waals surface area contributed by atoms with Gasteiger partial charge in [-0.2, -0.15) is 0 Å². The molecule has 0 bridgehead atoms. The number of aromatic nitrogens is 1. The SMILES string of the molecule is COc1ccc(-c2ncccc2CNS(=O)(=O)c2ccc(C)cc2C)cc1. The number of ether oxygens (including phenoxy) is 1. The van der Waals surface area contributed by atoms with E-state index in [0.29, 0.717) is 4.90 Å². The number of nitrogens with zero attached hydrogens (tertiary/aromatic N) is 1. The van der Waals surface area contributed by atoms with E-state index in [2.05, 4.69) is 9.71 Å². The van der Waals surface area contributed by atoms with Crippen molar-refractivity contribution in [1.29, 1.82) is 0 Å². The Morgan fingerprint density at radius 1 is 1.04 bits per heavy atom. The first-order valence-corrected chi connectivity index (χ1v) is 10.0. The van der Waals surface area contributed by atoms with Crippen molar-refractivity contribution in [3.8, 4) is 17.0 Å².